The average Bonchev–Trinajstić information content (AvgIpc) is 3.53. The van der Waals surface area contributed by atoms with Gasteiger partial charge in [-0.05, 0) is 23.3 Å². The van der Waals surface area contributed by atoms with E-state index in [1.165, 1.54) is 4.90 Å². The van der Waals surface area contributed by atoms with Gasteiger partial charge in [0.25, 0.3) is 0 Å². The number of nitrogens with zero attached hydrogens (tertiary/aromatic N) is 1. The predicted octanol–water partition coefficient (Wildman–Crippen LogP) is 2.44. The summed E-state index contributed by atoms with van der Waals surface area (Å²) in [5.74, 6) is -0.627. The minimum absolute atomic E-state index is 0.0000379. The molecule has 9 heteroatoms. The van der Waals surface area contributed by atoms with Gasteiger partial charge in [-0.25, -0.2) is 4.79 Å². The second-order valence-electron chi connectivity index (χ2n) is 8.80. The van der Waals surface area contributed by atoms with Crippen LogP contribution in [0.25, 0.3) is 0 Å². The quantitative estimate of drug-likeness (QED) is 0.459. The van der Waals surface area contributed by atoms with E-state index in [2.05, 4.69) is 5.32 Å². The van der Waals surface area contributed by atoms with Gasteiger partial charge in [0.2, 0.25) is 11.8 Å². The maximum Gasteiger partial charge on any atom is 0.407 e. The van der Waals surface area contributed by atoms with E-state index in [9.17, 15) is 14.4 Å². The summed E-state index contributed by atoms with van der Waals surface area (Å²) in [6.45, 7) is 0.230. The lowest BCUT2D eigenvalue weighted by molar-refractivity contribution is -0.144. The van der Waals surface area contributed by atoms with Crippen molar-refractivity contribution in [3.05, 3.63) is 71.8 Å². The number of fused-ring (bicyclic) bond motifs is 5. The first-order valence-electron chi connectivity index (χ1n) is 11.3. The van der Waals surface area contributed by atoms with Crippen LogP contribution in [0.5, 0.6) is 11.5 Å². The SMILES string of the molecule is COc1cc(COC(=O)NCC23C=CC(O2)C2C(=O)N(Cc4ccccc4)C(=O)C23)cc(OC)c1. The van der Waals surface area contributed by atoms with E-state index in [0.29, 0.717) is 17.1 Å². The highest BCUT2D eigenvalue weighted by Gasteiger charge is 2.67. The number of hydrogen-bond acceptors (Lipinski definition) is 7. The molecule has 182 valence electrons. The number of amides is 3. The summed E-state index contributed by atoms with van der Waals surface area (Å²) in [7, 11) is 3.08. The molecule has 3 heterocycles. The summed E-state index contributed by atoms with van der Waals surface area (Å²) in [6.07, 6.45) is 2.43. The van der Waals surface area contributed by atoms with Crippen molar-refractivity contribution in [3.8, 4) is 11.5 Å². The molecule has 3 amide bonds. The molecule has 9 nitrogen and oxygen atoms in total. The lowest BCUT2D eigenvalue weighted by Crippen LogP contribution is -2.48. The highest BCUT2D eigenvalue weighted by molar-refractivity contribution is 6.07. The number of nitrogens with one attached hydrogen (secondary N) is 1. The van der Waals surface area contributed by atoms with E-state index in [4.69, 9.17) is 18.9 Å². The van der Waals surface area contributed by atoms with E-state index >= 15 is 0 Å². The van der Waals surface area contributed by atoms with Gasteiger partial charge in [-0.1, -0.05) is 42.5 Å². The molecule has 0 saturated carbocycles. The number of hydrogen-bond donors (Lipinski definition) is 1. The summed E-state index contributed by atoms with van der Waals surface area (Å²) < 4.78 is 21.9. The first kappa shape index (κ1) is 22.9. The summed E-state index contributed by atoms with van der Waals surface area (Å²) in [5, 5.41) is 2.70. The Balaban J connectivity index is 1.23. The lowest BCUT2D eigenvalue weighted by atomic mass is 9.77. The zero-order chi connectivity index (χ0) is 24.6. The van der Waals surface area contributed by atoms with Crippen molar-refractivity contribution in [2.24, 2.45) is 11.8 Å². The average molecular weight is 479 g/mol. The third-order valence-electron chi connectivity index (χ3n) is 6.72. The van der Waals surface area contributed by atoms with Gasteiger partial charge >= 0.3 is 6.09 Å². The summed E-state index contributed by atoms with van der Waals surface area (Å²) in [5.41, 5.74) is 0.493. The van der Waals surface area contributed by atoms with Gasteiger partial charge in [-0.3, -0.25) is 14.5 Å². The van der Waals surface area contributed by atoms with Gasteiger partial charge in [-0.15, -0.1) is 0 Å². The molecule has 2 aromatic carbocycles. The van der Waals surface area contributed by atoms with Gasteiger partial charge < -0.3 is 24.3 Å². The highest BCUT2D eigenvalue weighted by atomic mass is 16.6. The summed E-state index contributed by atoms with van der Waals surface area (Å²) in [6, 6.07) is 14.6. The van der Waals surface area contributed by atoms with E-state index in [1.807, 2.05) is 30.3 Å². The Morgan fingerprint density at radius 1 is 1.03 bits per heavy atom. The van der Waals surface area contributed by atoms with Gasteiger partial charge in [0.1, 0.15) is 23.7 Å². The van der Waals surface area contributed by atoms with Crippen LogP contribution in [0.3, 0.4) is 0 Å². The number of carbonyl (C=O) groups excluding carboxylic acids is 3. The molecule has 0 aromatic heterocycles. The molecule has 0 spiro atoms. The monoisotopic (exact) mass is 478 g/mol. The van der Waals surface area contributed by atoms with Crippen LogP contribution in [0.4, 0.5) is 4.79 Å². The van der Waals surface area contributed by atoms with Crippen molar-refractivity contribution in [3.63, 3.8) is 0 Å². The van der Waals surface area contributed by atoms with Crippen LogP contribution in [0.15, 0.2) is 60.7 Å². The van der Waals surface area contributed by atoms with Crippen molar-refractivity contribution in [1.29, 1.82) is 0 Å². The number of ether oxygens (including phenoxy) is 4. The fourth-order valence-electron chi connectivity index (χ4n) is 5.05. The van der Waals surface area contributed by atoms with Crippen LogP contribution in [-0.2, 0) is 32.2 Å². The number of methoxy groups -OCH3 is 2. The predicted molar refractivity (Wildman–Crippen MR) is 123 cm³/mol. The molecule has 3 aliphatic rings. The standard InChI is InChI=1S/C26H26N2O7/c1-32-18-10-17(11-19(12-18)33-2)14-34-25(31)27-15-26-9-8-20(35-26)21-22(26)24(30)28(23(21)29)13-16-6-4-3-5-7-16/h3-12,20-22H,13-15H2,1-2H3,(H,27,31). The molecular weight excluding hydrogens is 452 g/mol. The third kappa shape index (κ3) is 4.12. The smallest absolute Gasteiger partial charge is 0.407 e. The van der Waals surface area contributed by atoms with Crippen LogP contribution in [-0.4, -0.2) is 55.3 Å². The molecule has 5 rings (SSSR count). The minimum Gasteiger partial charge on any atom is -0.497 e. The zero-order valence-corrected chi connectivity index (χ0v) is 19.4. The molecule has 1 N–H and O–H groups in total. The van der Waals surface area contributed by atoms with Crippen molar-refractivity contribution in [2.45, 2.75) is 24.9 Å². The first-order chi connectivity index (χ1) is 16.9. The summed E-state index contributed by atoms with van der Waals surface area (Å²) in [4.78, 5) is 40.2. The zero-order valence-electron chi connectivity index (χ0n) is 19.4. The fraction of sp³-hybridized carbons (Fsp3) is 0.346. The number of rotatable bonds is 8. The largest absolute Gasteiger partial charge is 0.497 e. The van der Waals surface area contributed by atoms with E-state index < -0.39 is 29.6 Å². The Morgan fingerprint density at radius 3 is 2.43 bits per heavy atom. The van der Waals surface area contributed by atoms with Gasteiger partial charge in [0, 0.05) is 6.07 Å². The Hall–Kier alpha value is -3.85. The van der Waals surface area contributed by atoms with E-state index in [0.717, 1.165) is 5.56 Å². The van der Waals surface area contributed by atoms with Crippen molar-refractivity contribution >= 4 is 17.9 Å². The molecule has 2 bridgehead atoms. The molecule has 3 aliphatic heterocycles. The van der Waals surface area contributed by atoms with E-state index in [1.54, 1.807) is 44.6 Å². The lowest BCUT2D eigenvalue weighted by Gasteiger charge is -2.29. The Bertz CT molecular complexity index is 1160. The molecule has 4 unspecified atom stereocenters. The third-order valence-corrected chi connectivity index (χ3v) is 6.72. The van der Waals surface area contributed by atoms with Crippen molar-refractivity contribution in [1.82, 2.24) is 10.2 Å². The van der Waals surface area contributed by atoms with Crippen molar-refractivity contribution < 1.29 is 33.3 Å². The molecule has 4 atom stereocenters. The molecular formula is C26H26N2O7. The maximum atomic E-state index is 13.3. The highest BCUT2D eigenvalue weighted by Crippen LogP contribution is 2.51. The molecule has 2 saturated heterocycles. The number of alkyl carbamates (subject to hydrolysis) is 1. The molecule has 0 radical (unpaired) electrons. The normalized spacial score (nSPS) is 26.1. The minimum atomic E-state index is -1.08. The molecule has 0 aliphatic carbocycles. The van der Waals surface area contributed by atoms with Gasteiger partial charge in [0.15, 0.2) is 0 Å². The maximum absolute atomic E-state index is 13.3. The van der Waals surface area contributed by atoms with Gasteiger partial charge in [0.05, 0.1) is 45.2 Å². The van der Waals surface area contributed by atoms with Crippen LogP contribution < -0.4 is 14.8 Å². The Morgan fingerprint density at radius 2 is 1.74 bits per heavy atom. The number of likely N-dealkylation sites (tertiary alicyclic amines) is 1. The first-order valence-corrected chi connectivity index (χ1v) is 11.3. The van der Waals surface area contributed by atoms with Crippen molar-refractivity contribution in [2.75, 3.05) is 20.8 Å². The van der Waals surface area contributed by atoms with Crippen LogP contribution >= 0.6 is 0 Å². The van der Waals surface area contributed by atoms with Crippen LogP contribution in [0.1, 0.15) is 11.1 Å². The van der Waals surface area contributed by atoms with Gasteiger partial charge in [-0.2, -0.15) is 0 Å². The van der Waals surface area contributed by atoms with E-state index in [-0.39, 0.29) is 31.5 Å². The number of benzene rings is 2. The van der Waals surface area contributed by atoms with Crippen LogP contribution in [0.2, 0.25) is 0 Å². The Kier molecular flexibility index (Phi) is 5.94. The fourth-order valence-corrected chi connectivity index (χ4v) is 5.05. The number of imide groups is 1. The summed E-state index contributed by atoms with van der Waals surface area (Å²) >= 11 is 0. The number of carbonyl (C=O) groups is 3. The second kappa shape index (κ2) is 9.07. The molecule has 35 heavy (non-hydrogen) atoms. The van der Waals surface area contributed by atoms with Crippen LogP contribution in [0, 0.1) is 11.8 Å². The molecule has 2 fully saturated rings. The Labute approximate surface area is 202 Å². The second-order valence-corrected chi connectivity index (χ2v) is 8.80. The topological polar surface area (TPSA) is 103 Å². The molecule has 2 aromatic rings.